The summed E-state index contributed by atoms with van der Waals surface area (Å²) in [6, 6.07) is 5.79. The minimum absolute atomic E-state index is 0.0143. The molecule has 2 N–H and O–H groups in total. The number of nitrogens with one attached hydrogen (secondary N) is 2. The Morgan fingerprint density at radius 3 is 2.66 bits per heavy atom. The van der Waals surface area contributed by atoms with Gasteiger partial charge in [-0.15, -0.1) is 10.2 Å². The monoisotopic (exact) mass is 402 g/mol. The lowest BCUT2D eigenvalue weighted by molar-refractivity contribution is 0.394. The Balaban J connectivity index is 2.08. The van der Waals surface area contributed by atoms with Gasteiger partial charge in [-0.1, -0.05) is 20.8 Å². The number of aryl methyl sites for hydroxylation is 1. The molecule has 0 bridgehead atoms. The van der Waals surface area contributed by atoms with Gasteiger partial charge in [-0.2, -0.15) is 0 Å². The van der Waals surface area contributed by atoms with Gasteiger partial charge in [0.15, 0.2) is 5.96 Å². The highest BCUT2D eigenvalue weighted by Gasteiger charge is 2.15. The average molecular weight is 403 g/mol. The number of aliphatic imine (C=N–C) groups is 1. The Bertz CT molecular complexity index is 787. The van der Waals surface area contributed by atoms with Gasteiger partial charge in [-0.25, -0.2) is 0 Å². The van der Waals surface area contributed by atoms with Gasteiger partial charge in [0.1, 0.15) is 23.7 Å². The van der Waals surface area contributed by atoms with Crippen LogP contribution in [0.5, 0.6) is 11.5 Å². The van der Waals surface area contributed by atoms with Crippen LogP contribution in [0.15, 0.2) is 29.5 Å². The summed E-state index contributed by atoms with van der Waals surface area (Å²) in [4.78, 5) is 4.73. The van der Waals surface area contributed by atoms with Gasteiger partial charge >= 0.3 is 0 Å². The van der Waals surface area contributed by atoms with Crippen LogP contribution >= 0.6 is 0 Å². The summed E-state index contributed by atoms with van der Waals surface area (Å²) in [6.45, 7) is 10.7. The SMILES string of the molecule is CCc1nncn1CCNC(=NCC(C)C)NC(C)c1cc(OC)ccc1OC. The quantitative estimate of drug-likeness (QED) is 0.470. The van der Waals surface area contributed by atoms with E-state index in [0.717, 1.165) is 54.9 Å². The molecule has 0 saturated carbocycles. The fraction of sp³-hybridized carbons (Fsp3) is 0.571. The number of benzene rings is 1. The highest BCUT2D eigenvalue weighted by Crippen LogP contribution is 2.29. The zero-order valence-electron chi connectivity index (χ0n) is 18.4. The Morgan fingerprint density at radius 1 is 1.21 bits per heavy atom. The summed E-state index contributed by atoms with van der Waals surface area (Å²) in [6.07, 6.45) is 2.63. The number of aromatic nitrogens is 3. The van der Waals surface area contributed by atoms with E-state index in [2.05, 4.69) is 53.1 Å². The van der Waals surface area contributed by atoms with E-state index in [1.54, 1.807) is 20.5 Å². The number of hydrogen-bond acceptors (Lipinski definition) is 5. The van der Waals surface area contributed by atoms with Crippen molar-refractivity contribution in [2.45, 2.75) is 46.7 Å². The second kappa shape index (κ2) is 11.3. The molecular weight excluding hydrogens is 368 g/mol. The van der Waals surface area contributed by atoms with Crippen molar-refractivity contribution in [2.75, 3.05) is 27.3 Å². The molecule has 8 heteroatoms. The highest BCUT2D eigenvalue weighted by atomic mass is 16.5. The third-order valence-corrected chi connectivity index (χ3v) is 4.53. The predicted molar refractivity (Wildman–Crippen MR) is 116 cm³/mol. The van der Waals surface area contributed by atoms with E-state index in [1.807, 2.05) is 18.2 Å². The number of nitrogens with zero attached hydrogens (tertiary/aromatic N) is 4. The van der Waals surface area contributed by atoms with Gasteiger partial charge in [0.25, 0.3) is 0 Å². The molecule has 8 nitrogen and oxygen atoms in total. The largest absolute Gasteiger partial charge is 0.497 e. The normalized spacial score (nSPS) is 12.7. The van der Waals surface area contributed by atoms with Gasteiger partial charge in [0.05, 0.1) is 20.3 Å². The molecule has 0 saturated heterocycles. The molecule has 0 aliphatic carbocycles. The maximum Gasteiger partial charge on any atom is 0.191 e. The molecule has 1 aromatic heterocycles. The molecule has 0 aliphatic heterocycles. The predicted octanol–water partition coefficient (Wildman–Crippen LogP) is 2.81. The third-order valence-electron chi connectivity index (χ3n) is 4.53. The molecule has 2 aromatic rings. The standard InChI is InChI=1S/C21H34N6O2/c1-7-20-26-24-14-27(20)11-10-22-21(23-13-15(2)3)25-16(4)18-12-17(28-5)8-9-19(18)29-6/h8-9,12,14-16H,7,10-11,13H2,1-6H3,(H2,22,23,25). The Morgan fingerprint density at radius 2 is 2.00 bits per heavy atom. The first-order valence-electron chi connectivity index (χ1n) is 10.1. The first-order valence-corrected chi connectivity index (χ1v) is 10.1. The molecule has 0 fully saturated rings. The molecule has 2 rings (SSSR count). The number of hydrogen-bond donors (Lipinski definition) is 2. The number of ether oxygens (including phenoxy) is 2. The summed E-state index contributed by atoms with van der Waals surface area (Å²) >= 11 is 0. The van der Waals surface area contributed by atoms with E-state index >= 15 is 0 Å². The minimum atomic E-state index is -0.0143. The summed E-state index contributed by atoms with van der Waals surface area (Å²) in [5.74, 6) is 3.82. The van der Waals surface area contributed by atoms with Gasteiger partial charge < -0.3 is 24.7 Å². The summed E-state index contributed by atoms with van der Waals surface area (Å²) < 4.78 is 13.0. The summed E-state index contributed by atoms with van der Waals surface area (Å²) in [5, 5.41) is 15.0. The van der Waals surface area contributed by atoms with E-state index in [0.29, 0.717) is 5.92 Å². The molecule has 1 unspecified atom stereocenters. The van der Waals surface area contributed by atoms with E-state index in [-0.39, 0.29) is 6.04 Å². The van der Waals surface area contributed by atoms with Gasteiger partial charge in [-0.3, -0.25) is 4.99 Å². The second-order valence-electron chi connectivity index (χ2n) is 7.28. The maximum absolute atomic E-state index is 5.53. The molecule has 160 valence electrons. The van der Waals surface area contributed by atoms with Crippen LogP contribution in [0, 0.1) is 5.92 Å². The zero-order chi connectivity index (χ0) is 21.2. The van der Waals surface area contributed by atoms with Crippen molar-refractivity contribution >= 4 is 5.96 Å². The zero-order valence-corrected chi connectivity index (χ0v) is 18.4. The molecule has 1 atom stereocenters. The first kappa shape index (κ1) is 22.5. The lowest BCUT2D eigenvalue weighted by atomic mass is 10.1. The van der Waals surface area contributed by atoms with Crippen LogP contribution < -0.4 is 20.1 Å². The summed E-state index contributed by atoms with van der Waals surface area (Å²) in [7, 11) is 3.34. The minimum Gasteiger partial charge on any atom is -0.497 e. The summed E-state index contributed by atoms with van der Waals surface area (Å²) in [5.41, 5.74) is 1.01. The molecule has 0 radical (unpaired) electrons. The molecular formula is C21H34N6O2. The third kappa shape index (κ3) is 6.66. The van der Waals surface area contributed by atoms with Crippen LogP contribution in [0.4, 0.5) is 0 Å². The van der Waals surface area contributed by atoms with E-state index in [4.69, 9.17) is 14.5 Å². The van der Waals surface area contributed by atoms with Crippen molar-refractivity contribution in [1.29, 1.82) is 0 Å². The lowest BCUT2D eigenvalue weighted by Gasteiger charge is -2.21. The van der Waals surface area contributed by atoms with Gasteiger partial charge in [0, 0.05) is 31.6 Å². The highest BCUT2D eigenvalue weighted by molar-refractivity contribution is 5.80. The number of methoxy groups -OCH3 is 2. The number of guanidine groups is 1. The number of rotatable bonds is 10. The van der Waals surface area contributed by atoms with Crippen molar-refractivity contribution in [3.05, 3.63) is 35.9 Å². The van der Waals surface area contributed by atoms with E-state index in [9.17, 15) is 0 Å². The smallest absolute Gasteiger partial charge is 0.191 e. The van der Waals surface area contributed by atoms with Crippen molar-refractivity contribution in [3.63, 3.8) is 0 Å². The molecule has 0 amide bonds. The molecule has 29 heavy (non-hydrogen) atoms. The van der Waals surface area contributed by atoms with Crippen LogP contribution in [0.2, 0.25) is 0 Å². The topological polar surface area (TPSA) is 85.6 Å². The lowest BCUT2D eigenvalue weighted by Crippen LogP contribution is -2.40. The van der Waals surface area contributed by atoms with E-state index < -0.39 is 0 Å². The van der Waals surface area contributed by atoms with Crippen LogP contribution in [0.3, 0.4) is 0 Å². The first-order chi connectivity index (χ1) is 14.0. The fourth-order valence-electron chi connectivity index (χ4n) is 2.92. The van der Waals surface area contributed by atoms with Crippen LogP contribution in [0.25, 0.3) is 0 Å². The maximum atomic E-state index is 5.53. The average Bonchev–Trinajstić information content (AvgIpc) is 3.18. The van der Waals surface area contributed by atoms with Crippen LogP contribution in [0.1, 0.15) is 45.1 Å². The Kier molecular flexibility index (Phi) is 8.76. The van der Waals surface area contributed by atoms with Crippen molar-refractivity contribution in [3.8, 4) is 11.5 Å². The van der Waals surface area contributed by atoms with Crippen LogP contribution in [-0.4, -0.2) is 48.0 Å². The van der Waals surface area contributed by atoms with Crippen LogP contribution in [-0.2, 0) is 13.0 Å². The fourth-order valence-corrected chi connectivity index (χ4v) is 2.92. The van der Waals surface area contributed by atoms with Crippen molar-refractivity contribution < 1.29 is 9.47 Å². The molecule has 0 spiro atoms. The molecule has 1 heterocycles. The Hall–Kier alpha value is -2.77. The second-order valence-corrected chi connectivity index (χ2v) is 7.28. The molecule has 1 aromatic carbocycles. The van der Waals surface area contributed by atoms with Crippen molar-refractivity contribution in [2.24, 2.45) is 10.9 Å². The van der Waals surface area contributed by atoms with Gasteiger partial charge in [-0.05, 0) is 31.0 Å². The van der Waals surface area contributed by atoms with Gasteiger partial charge in [0.2, 0.25) is 0 Å². The van der Waals surface area contributed by atoms with E-state index in [1.165, 1.54) is 0 Å². The molecule has 0 aliphatic rings. The van der Waals surface area contributed by atoms with Crippen molar-refractivity contribution in [1.82, 2.24) is 25.4 Å². The Labute approximate surface area is 173 Å².